The zero-order valence-corrected chi connectivity index (χ0v) is 14.2. The molecule has 2 aromatic rings. The third-order valence-corrected chi connectivity index (χ3v) is 4.32. The highest BCUT2D eigenvalue weighted by Gasteiger charge is 2.28. The molecule has 25 heavy (non-hydrogen) atoms. The number of carbonyl (C=O) groups excluding carboxylic acids is 1. The third kappa shape index (κ3) is 3.76. The van der Waals surface area contributed by atoms with Crippen LogP contribution >= 0.6 is 0 Å². The van der Waals surface area contributed by atoms with Crippen LogP contribution in [0.25, 0.3) is 0 Å². The smallest absolute Gasteiger partial charge is 0.251 e. The summed E-state index contributed by atoms with van der Waals surface area (Å²) in [6.07, 6.45) is 4.49. The quantitative estimate of drug-likeness (QED) is 0.812. The zero-order chi connectivity index (χ0) is 17.8. The number of hydrogen-bond acceptors (Lipinski definition) is 7. The minimum atomic E-state index is -0.174. The van der Waals surface area contributed by atoms with Crippen LogP contribution in [0.2, 0.25) is 0 Å². The Morgan fingerprint density at radius 3 is 2.96 bits per heavy atom. The molecule has 0 unspecified atom stereocenters. The summed E-state index contributed by atoms with van der Waals surface area (Å²) in [6, 6.07) is 1.96. The molecule has 8 nitrogen and oxygen atoms in total. The van der Waals surface area contributed by atoms with Gasteiger partial charge in [-0.15, -0.1) is 0 Å². The Hall–Kier alpha value is -2.95. The average Bonchev–Trinajstić information content (AvgIpc) is 3.21. The minimum Gasteiger partial charge on any atom is -0.470 e. The van der Waals surface area contributed by atoms with Gasteiger partial charge in [0, 0.05) is 37.3 Å². The van der Waals surface area contributed by atoms with Gasteiger partial charge in [-0.25, -0.2) is 9.97 Å². The second kappa shape index (κ2) is 7.30. The molecular formula is C17H19N5O3. The maximum absolute atomic E-state index is 12.4. The predicted octanol–water partition coefficient (Wildman–Crippen LogP) is 1.57. The summed E-state index contributed by atoms with van der Waals surface area (Å²) in [5, 5.41) is 12.9. The van der Waals surface area contributed by atoms with Crippen LogP contribution in [0.15, 0.2) is 16.9 Å². The second-order valence-electron chi connectivity index (χ2n) is 5.99. The van der Waals surface area contributed by atoms with Gasteiger partial charge in [-0.3, -0.25) is 4.79 Å². The summed E-state index contributed by atoms with van der Waals surface area (Å²) in [5.74, 6) is 1.06. The van der Waals surface area contributed by atoms with Crippen LogP contribution in [-0.2, 0) is 11.2 Å². The number of amides is 1. The molecule has 1 aliphatic rings. The summed E-state index contributed by atoms with van der Waals surface area (Å²) in [7, 11) is 0. The molecule has 3 heterocycles. The normalized spacial score (nSPS) is 16.7. The first kappa shape index (κ1) is 16.9. The Morgan fingerprint density at radius 2 is 2.24 bits per heavy atom. The lowest BCUT2D eigenvalue weighted by Crippen LogP contribution is -2.31. The molecule has 1 saturated heterocycles. The van der Waals surface area contributed by atoms with Crippen LogP contribution in [-0.4, -0.2) is 45.1 Å². The van der Waals surface area contributed by atoms with E-state index in [9.17, 15) is 4.79 Å². The number of likely N-dealkylation sites (tertiary alicyclic amines) is 1. The lowest BCUT2D eigenvalue weighted by molar-refractivity contribution is -0.130. The summed E-state index contributed by atoms with van der Waals surface area (Å²) in [4.78, 5) is 22.2. The molecule has 0 N–H and O–H groups in total. The third-order valence-electron chi connectivity index (χ3n) is 4.32. The molecular weight excluding hydrogens is 322 g/mol. The van der Waals surface area contributed by atoms with E-state index < -0.39 is 0 Å². The van der Waals surface area contributed by atoms with Gasteiger partial charge in [0.05, 0.1) is 12.2 Å². The molecule has 0 saturated carbocycles. The number of ether oxygens (including phenoxy) is 1. The SMILES string of the molecule is Cc1noc(C)c1CCC(=O)N1CC[C@@H](Oc2nccnc2C#N)C1. The van der Waals surface area contributed by atoms with Crippen LogP contribution < -0.4 is 4.74 Å². The van der Waals surface area contributed by atoms with Crippen LogP contribution in [0.1, 0.15) is 35.6 Å². The Bertz CT molecular complexity index is 791. The number of rotatable bonds is 5. The van der Waals surface area contributed by atoms with Gasteiger partial charge in [0.1, 0.15) is 17.9 Å². The molecule has 3 rings (SSSR count). The van der Waals surface area contributed by atoms with Crippen molar-refractivity contribution < 1.29 is 14.1 Å². The molecule has 0 aromatic carbocycles. The van der Waals surface area contributed by atoms with Crippen molar-refractivity contribution in [3.8, 4) is 11.9 Å². The fourth-order valence-electron chi connectivity index (χ4n) is 2.95. The molecule has 2 aromatic heterocycles. The van der Waals surface area contributed by atoms with E-state index in [1.807, 2.05) is 19.9 Å². The molecule has 0 radical (unpaired) electrons. The number of hydrogen-bond donors (Lipinski definition) is 0. The fourth-order valence-corrected chi connectivity index (χ4v) is 2.95. The number of carbonyl (C=O) groups is 1. The van der Waals surface area contributed by atoms with E-state index in [1.165, 1.54) is 12.4 Å². The second-order valence-corrected chi connectivity index (χ2v) is 5.99. The summed E-state index contributed by atoms with van der Waals surface area (Å²) >= 11 is 0. The van der Waals surface area contributed by atoms with E-state index in [0.717, 1.165) is 17.0 Å². The first-order valence-electron chi connectivity index (χ1n) is 8.15. The highest BCUT2D eigenvalue weighted by Crippen LogP contribution is 2.20. The van der Waals surface area contributed by atoms with E-state index in [0.29, 0.717) is 32.4 Å². The van der Waals surface area contributed by atoms with Crippen LogP contribution in [0.4, 0.5) is 0 Å². The standard InChI is InChI=1S/C17H19N5O3/c1-11-14(12(2)25-21-11)3-4-16(23)22-8-5-13(10-22)24-17-15(9-18)19-6-7-20-17/h6-7,13H,3-5,8,10H2,1-2H3/t13-/m1/s1. The molecule has 1 atom stereocenters. The number of aryl methyl sites for hydroxylation is 2. The lowest BCUT2D eigenvalue weighted by Gasteiger charge is -2.17. The monoisotopic (exact) mass is 341 g/mol. The van der Waals surface area contributed by atoms with Gasteiger partial charge in [-0.05, 0) is 20.3 Å². The zero-order valence-electron chi connectivity index (χ0n) is 14.2. The van der Waals surface area contributed by atoms with Crippen molar-refractivity contribution in [3.05, 3.63) is 35.1 Å². The van der Waals surface area contributed by atoms with E-state index >= 15 is 0 Å². The summed E-state index contributed by atoms with van der Waals surface area (Å²) in [6.45, 7) is 4.85. The van der Waals surface area contributed by atoms with Gasteiger partial charge in [-0.2, -0.15) is 5.26 Å². The van der Waals surface area contributed by atoms with Gasteiger partial charge in [0.15, 0.2) is 0 Å². The molecule has 0 spiro atoms. The predicted molar refractivity (Wildman–Crippen MR) is 86.7 cm³/mol. The van der Waals surface area contributed by atoms with Crippen LogP contribution in [0.5, 0.6) is 5.88 Å². The van der Waals surface area contributed by atoms with E-state index in [1.54, 1.807) is 4.90 Å². The number of nitriles is 1. The molecule has 130 valence electrons. The average molecular weight is 341 g/mol. The molecule has 1 aliphatic heterocycles. The summed E-state index contributed by atoms with van der Waals surface area (Å²) in [5.41, 5.74) is 1.99. The summed E-state index contributed by atoms with van der Waals surface area (Å²) < 4.78 is 10.9. The molecule has 1 amide bonds. The van der Waals surface area contributed by atoms with Gasteiger partial charge >= 0.3 is 0 Å². The molecule has 0 aliphatic carbocycles. The van der Waals surface area contributed by atoms with E-state index in [2.05, 4.69) is 15.1 Å². The van der Waals surface area contributed by atoms with Crippen LogP contribution in [0, 0.1) is 25.2 Å². The van der Waals surface area contributed by atoms with Crippen molar-refractivity contribution in [2.45, 2.75) is 39.2 Å². The number of nitrogens with zero attached hydrogens (tertiary/aromatic N) is 5. The highest BCUT2D eigenvalue weighted by atomic mass is 16.5. The number of aromatic nitrogens is 3. The van der Waals surface area contributed by atoms with Gasteiger partial charge in [-0.1, -0.05) is 5.16 Å². The van der Waals surface area contributed by atoms with Crippen molar-refractivity contribution in [2.24, 2.45) is 0 Å². The maximum Gasteiger partial charge on any atom is 0.251 e. The van der Waals surface area contributed by atoms with E-state index in [-0.39, 0.29) is 23.6 Å². The molecule has 8 heteroatoms. The Balaban J connectivity index is 1.54. The Labute approximate surface area is 145 Å². The lowest BCUT2D eigenvalue weighted by atomic mass is 10.1. The van der Waals surface area contributed by atoms with E-state index in [4.69, 9.17) is 14.5 Å². The fraction of sp³-hybridized carbons (Fsp3) is 0.471. The minimum absolute atomic E-state index is 0.0748. The van der Waals surface area contributed by atoms with Gasteiger partial charge < -0.3 is 14.2 Å². The largest absolute Gasteiger partial charge is 0.470 e. The Kier molecular flexibility index (Phi) is 4.93. The van der Waals surface area contributed by atoms with Crippen molar-refractivity contribution in [2.75, 3.05) is 13.1 Å². The topological polar surface area (TPSA) is 105 Å². The van der Waals surface area contributed by atoms with Crippen molar-refractivity contribution in [3.63, 3.8) is 0 Å². The van der Waals surface area contributed by atoms with Crippen LogP contribution in [0.3, 0.4) is 0 Å². The highest BCUT2D eigenvalue weighted by molar-refractivity contribution is 5.76. The van der Waals surface area contributed by atoms with Gasteiger partial charge in [0.2, 0.25) is 11.6 Å². The Morgan fingerprint density at radius 1 is 1.44 bits per heavy atom. The maximum atomic E-state index is 12.4. The molecule has 0 bridgehead atoms. The van der Waals surface area contributed by atoms with Gasteiger partial charge in [0.25, 0.3) is 5.88 Å². The first-order valence-corrected chi connectivity index (χ1v) is 8.15. The first-order chi connectivity index (χ1) is 12.1. The van der Waals surface area contributed by atoms with Crippen molar-refractivity contribution in [1.29, 1.82) is 5.26 Å². The van der Waals surface area contributed by atoms with Crippen molar-refractivity contribution >= 4 is 5.91 Å². The van der Waals surface area contributed by atoms with Crippen molar-refractivity contribution in [1.82, 2.24) is 20.0 Å². The molecule has 1 fully saturated rings.